The summed E-state index contributed by atoms with van der Waals surface area (Å²) in [5.74, 6) is 0.236. The fourth-order valence-corrected chi connectivity index (χ4v) is 7.92. The number of carbonyl (C=O) groups is 1. The van der Waals surface area contributed by atoms with Gasteiger partial charge in [0.2, 0.25) is 0 Å². The third-order valence-electron chi connectivity index (χ3n) is 9.30. The van der Waals surface area contributed by atoms with Crippen molar-refractivity contribution in [2.45, 2.75) is 70.0 Å². The SMILES string of the molecule is C[C@]12CCC3C(CCC4=CC(O)CC[C@@]43C=NO)C1(O)CCC2C1=CC(=O)OC1. The van der Waals surface area contributed by atoms with Gasteiger partial charge in [-0.3, -0.25) is 0 Å². The molecule has 6 nitrogen and oxygen atoms in total. The highest BCUT2D eigenvalue weighted by molar-refractivity contribution is 5.85. The zero-order valence-electron chi connectivity index (χ0n) is 17.0. The molecule has 0 aromatic carbocycles. The van der Waals surface area contributed by atoms with Gasteiger partial charge in [0.15, 0.2) is 0 Å². The molecule has 3 saturated carbocycles. The van der Waals surface area contributed by atoms with Gasteiger partial charge < -0.3 is 20.2 Å². The molecule has 5 unspecified atom stereocenters. The van der Waals surface area contributed by atoms with Crippen molar-refractivity contribution in [3.63, 3.8) is 0 Å². The molecule has 158 valence electrons. The Morgan fingerprint density at radius 2 is 2.00 bits per heavy atom. The Morgan fingerprint density at radius 1 is 1.17 bits per heavy atom. The number of aliphatic hydroxyl groups is 2. The largest absolute Gasteiger partial charge is 0.458 e. The molecular formula is C23H31NO5. The monoisotopic (exact) mass is 401 g/mol. The summed E-state index contributed by atoms with van der Waals surface area (Å²) in [4.78, 5) is 11.7. The number of oxime groups is 1. The van der Waals surface area contributed by atoms with Crippen molar-refractivity contribution in [3.05, 3.63) is 23.3 Å². The molecule has 0 spiro atoms. The number of hydrogen-bond acceptors (Lipinski definition) is 6. The first-order valence-electron chi connectivity index (χ1n) is 11.0. The third-order valence-corrected chi connectivity index (χ3v) is 9.30. The van der Waals surface area contributed by atoms with E-state index in [9.17, 15) is 20.2 Å². The Labute approximate surface area is 171 Å². The van der Waals surface area contributed by atoms with Crippen molar-refractivity contribution in [2.24, 2.45) is 33.7 Å². The lowest BCUT2D eigenvalue weighted by molar-refractivity contribution is -0.175. The van der Waals surface area contributed by atoms with Gasteiger partial charge in [0.1, 0.15) is 6.61 Å². The van der Waals surface area contributed by atoms with Crippen LogP contribution in [-0.4, -0.2) is 45.9 Å². The second kappa shape index (κ2) is 6.42. The predicted octanol–water partition coefficient (Wildman–Crippen LogP) is 2.96. The molecule has 5 aliphatic rings. The molecule has 4 aliphatic carbocycles. The molecule has 0 bridgehead atoms. The van der Waals surface area contributed by atoms with Gasteiger partial charge in [0.05, 0.1) is 17.9 Å². The van der Waals surface area contributed by atoms with Crippen molar-refractivity contribution in [3.8, 4) is 0 Å². The summed E-state index contributed by atoms with van der Waals surface area (Å²) in [6, 6.07) is 0. The summed E-state index contributed by atoms with van der Waals surface area (Å²) in [6.07, 6.45) is 11.4. The number of aliphatic hydroxyl groups excluding tert-OH is 1. The van der Waals surface area contributed by atoms with Crippen LogP contribution >= 0.6 is 0 Å². The Balaban J connectivity index is 1.53. The predicted molar refractivity (Wildman–Crippen MR) is 106 cm³/mol. The molecule has 1 aliphatic heterocycles. The van der Waals surface area contributed by atoms with Crippen molar-refractivity contribution >= 4 is 12.2 Å². The van der Waals surface area contributed by atoms with Gasteiger partial charge in [-0.1, -0.05) is 18.6 Å². The van der Waals surface area contributed by atoms with Crippen LogP contribution in [0.15, 0.2) is 28.5 Å². The van der Waals surface area contributed by atoms with Crippen LogP contribution in [0.25, 0.3) is 0 Å². The van der Waals surface area contributed by atoms with Gasteiger partial charge in [0.25, 0.3) is 0 Å². The smallest absolute Gasteiger partial charge is 0.331 e. The Kier molecular flexibility index (Phi) is 4.27. The van der Waals surface area contributed by atoms with Crippen LogP contribution in [0.5, 0.6) is 0 Å². The first kappa shape index (κ1) is 19.3. The number of carbonyl (C=O) groups excluding carboxylic acids is 1. The third kappa shape index (κ3) is 2.48. The Bertz CT molecular complexity index is 818. The zero-order valence-corrected chi connectivity index (χ0v) is 17.0. The van der Waals surface area contributed by atoms with Crippen molar-refractivity contribution in [1.29, 1.82) is 0 Å². The van der Waals surface area contributed by atoms with E-state index in [1.54, 1.807) is 12.3 Å². The van der Waals surface area contributed by atoms with Gasteiger partial charge in [-0.15, -0.1) is 5.16 Å². The van der Waals surface area contributed by atoms with Crippen molar-refractivity contribution in [1.82, 2.24) is 0 Å². The van der Waals surface area contributed by atoms with Crippen LogP contribution in [0, 0.1) is 28.6 Å². The summed E-state index contributed by atoms with van der Waals surface area (Å²) in [5.41, 5.74) is 0.772. The Hall–Kier alpha value is -1.66. The maximum Gasteiger partial charge on any atom is 0.331 e. The number of esters is 1. The number of allylic oxidation sites excluding steroid dienone is 1. The number of fused-ring (bicyclic) bond motifs is 5. The van der Waals surface area contributed by atoms with Gasteiger partial charge in [-0.25, -0.2) is 4.79 Å². The number of nitrogens with zero attached hydrogens (tertiary/aromatic N) is 1. The topological polar surface area (TPSA) is 99.4 Å². The highest BCUT2D eigenvalue weighted by atomic mass is 16.5. The summed E-state index contributed by atoms with van der Waals surface area (Å²) < 4.78 is 5.18. The molecule has 6 heteroatoms. The van der Waals surface area contributed by atoms with E-state index < -0.39 is 11.7 Å². The Morgan fingerprint density at radius 3 is 2.72 bits per heavy atom. The van der Waals surface area contributed by atoms with E-state index in [0.717, 1.165) is 50.5 Å². The first-order valence-corrected chi connectivity index (χ1v) is 11.0. The molecule has 0 aromatic heterocycles. The maximum atomic E-state index is 12.2. The van der Waals surface area contributed by atoms with E-state index >= 15 is 0 Å². The molecule has 5 rings (SSSR count). The summed E-state index contributed by atoms with van der Waals surface area (Å²) >= 11 is 0. The quantitative estimate of drug-likeness (QED) is 0.217. The minimum Gasteiger partial charge on any atom is -0.458 e. The van der Waals surface area contributed by atoms with E-state index in [0.29, 0.717) is 13.0 Å². The van der Waals surface area contributed by atoms with Gasteiger partial charge in [-0.05, 0) is 74.7 Å². The minimum absolute atomic E-state index is 0.121. The lowest BCUT2D eigenvalue weighted by atomic mass is 9.44. The molecule has 3 fully saturated rings. The molecule has 0 amide bonds. The van der Waals surface area contributed by atoms with E-state index in [2.05, 4.69) is 12.1 Å². The molecule has 1 heterocycles. The fourth-order valence-electron chi connectivity index (χ4n) is 7.92. The van der Waals surface area contributed by atoms with E-state index in [1.165, 1.54) is 5.57 Å². The standard InChI is InChI=1S/C23H31NO5/c1-21-7-5-18-19(3-2-15-11-16(25)4-8-22(15,18)13-24-28)23(21,27)9-6-17(21)14-10-20(26)29-12-14/h10-11,13,16-19,25,27-28H,2-9,12H2,1H3/t16?,17?,18?,19?,21-,22-,23?/m1/s1. The summed E-state index contributed by atoms with van der Waals surface area (Å²) in [5, 5.41) is 35.3. The van der Waals surface area contributed by atoms with Crippen LogP contribution < -0.4 is 0 Å². The molecule has 0 radical (unpaired) electrons. The van der Waals surface area contributed by atoms with Crippen LogP contribution in [0.1, 0.15) is 58.3 Å². The average Bonchev–Trinajstić information content (AvgIpc) is 3.23. The molecule has 3 N–H and O–H groups in total. The normalized spacial score (nSPS) is 49.1. The van der Waals surface area contributed by atoms with E-state index in [1.807, 2.05) is 6.08 Å². The fraction of sp³-hybridized carbons (Fsp3) is 0.739. The lowest BCUT2D eigenvalue weighted by Crippen LogP contribution is -2.61. The average molecular weight is 402 g/mol. The van der Waals surface area contributed by atoms with Gasteiger partial charge in [-0.2, -0.15) is 0 Å². The van der Waals surface area contributed by atoms with Crippen LogP contribution in [0.2, 0.25) is 0 Å². The number of hydrogen-bond donors (Lipinski definition) is 3. The maximum absolute atomic E-state index is 12.2. The molecule has 7 atom stereocenters. The van der Waals surface area contributed by atoms with Crippen LogP contribution in [0.4, 0.5) is 0 Å². The highest BCUT2D eigenvalue weighted by Crippen LogP contribution is 2.69. The highest BCUT2D eigenvalue weighted by Gasteiger charge is 2.67. The van der Waals surface area contributed by atoms with Gasteiger partial charge >= 0.3 is 5.97 Å². The zero-order chi connectivity index (χ0) is 20.4. The number of cyclic esters (lactones) is 1. The van der Waals surface area contributed by atoms with E-state index in [4.69, 9.17) is 4.74 Å². The second-order valence-electron chi connectivity index (χ2n) is 10.1. The summed E-state index contributed by atoms with van der Waals surface area (Å²) in [7, 11) is 0. The second-order valence-corrected chi connectivity index (χ2v) is 10.1. The van der Waals surface area contributed by atoms with Crippen molar-refractivity contribution in [2.75, 3.05) is 6.61 Å². The summed E-state index contributed by atoms with van der Waals surface area (Å²) in [6.45, 7) is 2.56. The first-order chi connectivity index (χ1) is 13.8. The molecule has 0 saturated heterocycles. The molecule has 29 heavy (non-hydrogen) atoms. The number of ether oxygens (including phenoxy) is 1. The lowest BCUT2D eigenvalue weighted by Gasteiger charge is -2.61. The van der Waals surface area contributed by atoms with Crippen molar-refractivity contribution < 1.29 is 25.0 Å². The van der Waals surface area contributed by atoms with E-state index in [-0.39, 0.29) is 34.6 Å². The molecular weight excluding hydrogens is 370 g/mol. The van der Waals surface area contributed by atoms with Gasteiger partial charge in [0, 0.05) is 16.9 Å². The minimum atomic E-state index is -0.801. The molecule has 0 aromatic rings. The number of rotatable bonds is 2. The van der Waals surface area contributed by atoms with Crippen LogP contribution in [0.3, 0.4) is 0 Å². The van der Waals surface area contributed by atoms with Crippen LogP contribution in [-0.2, 0) is 9.53 Å².